The van der Waals surface area contributed by atoms with Gasteiger partial charge in [-0.3, -0.25) is 19.5 Å². The Morgan fingerprint density at radius 2 is 1.91 bits per heavy atom. The summed E-state index contributed by atoms with van der Waals surface area (Å²) in [6.45, 7) is 3.52. The van der Waals surface area contributed by atoms with Crippen molar-refractivity contribution in [3.63, 3.8) is 0 Å². The van der Waals surface area contributed by atoms with Crippen molar-refractivity contribution in [3.05, 3.63) is 36.3 Å². The summed E-state index contributed by atoms with van der Waals surface area (Å²) in [4.78, 5) is 42.6. The fourth-order valence-electron chi connectivity index (χ4n) is 5.02. The van der Waals surface area contributed by atoms with Gasteiger partial charge in [0, 0.05) is 23.7 Å². The van der Waals surface area contributed by atoms with Gasteiger partial charge in [0.2, 0.25) is 5.78 Å². The number of rotatable bonds is 8. The number of esters is 1. The minimum absolute atomic E-state index is 0.0546. The highest BCUT2D eigenvalue weighted by molar-refractivity contribution is 6.37. The highest BCUT2D eigenvalue weighted by atomic mass is 19.1. The molecule has 0 saturated carbocycles. The molecule has 0 aliphatic carbocycles. The van der Waals surface area contributed by atoms with E-state index in [0.717, 1.165) is 25.7 Å². The number of piperidine rings is 1. The largest absolute Gasteiger partial charge is 0.490 e. The third kappa shape index (κ3) is 4.50. The predicted molar refractivity (Wildman–Crippen MR) is 115 cm³/mol. The number of fused-ring (bicyclic) bond motifs is 3. The van der Waals surface area contributed by atoms with E-state index in [1.807, 2.05) is 0 Å². The first kappa shape index (κ1) is 22.3. The fraction of sp³-hybridized carbons (Fsp3) is 0.500. The van der Waals surface area contributed by atoms with Gasteiger partial charge in [0.25, 0.3) is 0 Å². The predicted octanol–water partition coefficient (Wildman–Crippen LogP) is 3.23. The van der Waals surface area contributed by atoms with Gasteiger partial charge in [0.1, 0.15) is 17.7 Å². The lowest BCUT2D eigenvalue weighted by atomic mass is 9.95. The minimum Gasteiger partial charge on any atom is -0.490 e. The van der Waals surface area contributed by atoms with Crippen LogP contribution < -0.4 is 4.74 Å². The lowest BCUT2D eigenvalue weighted by molar-refractivity contribution is -0.154. The second-order valence-corrected chi connectivity index (χ2v) is 8.48. The molecule has 2 bridgehead atoms. The van der Waals surface area contributed by atoms with Gasteiger partial charge in [0.05, 0.1) is 24.6 Å². The summed E-state index contributed by atoms with van der Waals surface area (Å²) in [7, 11) is 0. The summed E-state index contributed by atoms with van der Waals surface area (Å²) in [5.41, 5.74) is 0.676. The average Bonchev–Trinajstić information content (AvgIpc) is 3.03. The molecule has 8 heteroatoms. The number of nitrogens with zero attached hydrogens (tertiary/aromatic N) is 2. The Morgan fingerprint density at radius 3 is 2.59 bits per heavy atom. The smallest absolute Gasteiger partial charge is 0.375 e. The van der Waals surface area contributed by atoms with Gasteiger partial charge in [-0.1, -0.05) is 0 Å². The van der Waals surface area contributed by atoms with Crippen molar-refractivity contribution in [3.8, 4) is 5.75 Å². The topological polar surface area (TPSA) is 85.8 Å². The summed E-state index contributed by atoms with van der Waals surface area (Å²) in [6, 6.07) is 6.05. The molecule has 0 amide bonds. The van der Waals surface area contributed by atoms with Crippen LogP contribution in [0.25, 0.3) is 10.9 Å². The zero-order valence-electron chi connectivity index (χ0n) is 18.3. The first-order valence-corrected chi connectivity index (χ1v) is 11.1. The zero-order chi connectivity index (χ0) is 22.8. The molecule has 0 spiro atoms. The van der Waals surface area contributed by atoms with E-state index >= 15 is 0 Å². The van der Waals surface area contributed by atoms with Crippen molar-refractivity contribution in [1.82, 2.24) is 9.88 Å². The fourth-order valence-corrected chi connectivity index (χ4v) is 5.02. The lowest BCUT2D eigenvalue weighted by Gasteiger charge is -2.41. The van der Waals surface area contributed by atoms with Crippen molar-refractivity contribution in [2.24, 2.45) is 0 Å². The third-order valence-electron chi connectivity index (χ3n) is 6.45. The van der Waals surface area contributed by atoms with Crippen LogP contribution in [0.3, 0.4) is 0 Å². The van der Waals surface area contributed by atoms with Crippen molar-refractivity contribution < 1.29 is 28.2 Å². The van der Waals surface area contributed by atoms with Crippen LogP contribution in [0, 0.1) is 5.82 Å². The van der Waals surface area contributed by atoms with E-state index in [2.05, 4.69) is 9.88 Å². The van der Waals surface area contributed by atoms with Crippen LogP contribution in [0.15, 0.2) is 30.5 Å². The maximum Gasteiger partial charge on any atom is 0.375 e. The molecule has 170 valence electrons. The van der Waals surface area contributed by atoms with Crippen LogP contribution in [0.4, 0.5) is 4.39 Å². The van der Waals surface area contributed by atoms with Crippen LogP contribution in [0.5, 0.6) is 5.75 Å². The molecule has 2 fully saturated rings. The number of benzene rings is 1. The number of carbonyl (C=O) groups is 3. The Balaban J connectivity index is 1.42. The SMILES string of the molecule is CCOC(=O)C(=O)CC(=O)C(C)N1C2CCC1CC(Oc1ccnc3ccc(F)cc13)C2. The Kier molecular flexibility index (Phi) is 6.50. The van der Waals surface area contributed by atoms with E-state index in [4.69, 9.17) is 9.47 Å². The van der Waals surface area contributed by atoms with Crippen LogP contribution in [0.2, 0.25) is 0 Å². The van der Waals surface area contributed by atoms with Gasteiger partial charge in [-0.2, -0.15) is 0 Å². The van der Waals surface area contributed by atoms with E-state index in [9.17, 15) is 18.8 Å². The van der Waals surface area contributed by atoms with Crippen molar-refractivity contribution in [2.45, 2.75) is 70.2 Å². The standard InChI is InChI=1S/C24H27FN2O5/c1-3-31-24(30)22(29)13-21(28)14(2)27-16-5-6-17(27)12-18(11-16)32-23-8-9-26-20-7-4-15(25)10-19(20)23/h4,7-10,14,16-18H,3,5-6,11-13H2,1-2H3. The molecule has 2 aliphatic heterocycles. The lowest BCUT2D eigenvalue weighted by Crippen LogP contribution is -2.53. The molecule has 2 aromatic rings. The molecule has 2 saturated heterocycles. The van der Waals surface area contributed by atoms with Crippen molar-refractivity contribution in [2.75, 3.05) is 6.61 Å². The molecule has 0 N–H and O–H groups in total. The number of hydrogen-bond donors (Lipinski definition) is 0. The quantitative estimate of drug-likeness (QED) is 0.352. The van der Waals surface area contributed by atoms with E-state index in [0.29, 0.717) is 16.7 Å². The van der Waals surface area contributed by atoms with E-state index in [1.54, 1.807) is 32.2 Å². The summed E-state index contributed by atoms with van der Waals surface area (Å²) in [6.07, 6.45) is 4.52. The van der Waals surface area contributed by atoms with Crippen LogP contribution in [-0.4, -0.2) is 58.3 Å². The molecule has 1 aromatic heterocycles. The van der Waals surface area contributed by atoms with E-state index in [1.165, 1.54) is 12.1 Å². The number of halogens is 1. The number of aromatic nitrogens is 1. The molecule has 3 unspecified atom stereocenters. The maximum atomic E-state index is 13.8. The normalized spacial score (nSPS) is 23.7. The van der Waals surface area contributed by atoms with Gasteiger partial charge in [-0.15, -0.1) is 0 Å². The van der Waals surface area contributed by atoms with Crippen molar-refractivity contribution >= 4 is 28.4 Å². The molecule has 2 aliphatic rings. The van der Waals surface area contributed by atoms with Crippen LogP contribution in [-0.2, 0) is 19.1 Å². The molecular formula is C24H27FN2O5. The molecule has 3 atom stereocenters. The average molecular weight is 442 g/mol. The van der Waals surface area contributed by atoms with Gasteiger partial charge in [-0.25, -0.2) is 9.18 Å². The second-order valence-electron chi connectivity index (χ2n) is 8.48. The summed E-state index contributed by atoms with van der Waals surface area (Å²) < 4.78 is 24.7. The van der Waals surface area contributed by atoms with E-state index < -0.39 is 24.2 Å². The number of hydrogen-bond acceptors (Lipinski definition) is 7. The number of pyridine rings is 1. The Hall–Kier alpha value is -2.87. The number of Topliss-reactive ketones (excluding diaryl/α,β-unsaturated/α-hetero) is 2. The Morgan fingerprint density at radius 1 is 1.19 bits per heavy atom. The summed E-state index contributed by atoms with van der Waals surface area (Å²) >= 11 is 0. The number of ketones is 2. The summed E-state index contributed by atoms with van der Waals surface area (Å²) in [5.74, 6) is -1.75. The van der Waals surface area contributed by atoms with Crippen LogP contribution >= 0.6 is 0 Å². The zero-order valence-corrected chi connectivity index (χ0v) is 18.3. The molecular weight excluding hydrogens is 415 g/mol. The van der Waals surface area contributed by atoms with Crippen LogP contribution in [0.1, 0.15) is 46.0 Å². The van der Waals surface area contributed by atoms with Gasteiger partial charge in [0.15, 0.2) is 5.78 Å². The molecule has 1 aromatic carbocycles. The Bertz CT molecular complexity index is 1030. The first-order valence-electron chi connectivity index (χ1n) is 11.1. The molecule has 3 heterocycles. The van der Waals surface area contributed by atoms with Gasteiger partial charge in [-0.05, 0) is 63.8 Å². The molecule has 32 heavy (non-hydrogen) atoms. The van der Waals surface area contributed by atoms with Crippen molar-refractivity contribution in [1.29, 1.82) is 0 Å². The monoisotopic (exact) mass is 442 g/mol. The van der Waals surface area contributed by atoms with Gasteiger partial charge < -0.3 is 9.47 Å². The second kappa shape index (κ2) is 9.32. The van der Waals surface area contributed by atoms with Gasteiger partial charge >= 0.3 is 5.97 Å². The highest BCUT2D eigenvalue weighted by Crippen LogP contribution is 2.39. The first-order chi connectivity index (χ1) is 15.4. The molecule has 4 rings (SSSR count). The number of ether oxygens (including phenoxy) is 2. The molecule has 7 nitrogen and oxygen atoms in total. The molecule has 0 radical (unpaired) electrons. The van der Waals surface area contributed by atoms with E-state index in [-0.39, 0.29) is 36.4 Å². The maximum absolute atomic E-state index is 13.8. The Labute approximate surface area is 185 Å². The minimum atomic E-state index is -0.954. The number of carbonyl (C=O) groups excluding carboxylic acids is 3. The third-order valence-corrected chi connectivity index (χ3v) is 6.45. The highest BCUT2D eigenvalue weighted by Gasteiger charge is 2.45. The summed E-state index contributed by atoms with van der Waals surface area (Å²) in [5, 5.41) is 0.642.